The molecule has 1 aliphatic carbocycles. The monoisotopic (exact) mass is 506 g/mol. The van der Waals surface area contributed by atoms with Gasteiger partial charge in [0, 0.05) is 19.2 Å². The van der Waals surface area contributed by atoms with Crippen molar-refractivity contribution >= 4 is 17.5 Å². The van der Waals surface area contributed by atoms with Crippen LogP contribution >= 0.6 is 0 Å². The topological polar surface area (TPSA) is 124 Å². The van der Waals surface area contributed by atoms with Crippen LogP contribution in [0.25, 0.3) is 11.1 Å². The molecule has 1 amide bonds. The van der Waals surface area contributed by atoms with E-state index >= 15 is 0 Å². The third-order valence-corrected chi connectivity index (χ3v) is 6.40. The van der Waals surface area contributed by atoms with E-state index in [-0.39, 0.29) is 43.1 Å². The Labute approximate surface area is 203 Å². The SMILES string of the molecule is N#Cc1cc(-c2ccnc(NC(=O)C3CC3C(F)(F)F)c2)ccc1O[C@]1(C(=O)CO)CCNC[C@H]1F. The summed E-state index contributed by atoms with van der Waals surface area (Å²) in [6, 6.07) is 9.34. The van der Waals surface area contributed by atoms with Crippen molar-refractivity contribution in [2.75, 3.05) is 25.0 Å². The molecule has 12 heteroatoms. The number of carbonyl (C=O) groups is 2. The van der Waals surface area contributed by atoms with Crippen LogP contribution in [0.4, 0.5) is 23.4 Å². The Morgan fingerprint density at radius 3 is 2.67 bits per heavy atom. The number of alkyl halides is 4. The minimum Gasteiger partial charge on any atom is -0.475 e. The zero-order valence-corrected chi connectivity index (χ0v) is 18.8. The first-order chi connectivity index (χ1) is 17.1. The molecule has 1 aliphatic heterocycles. The number of piperidine rings is 1. The number of hydrogen-bond donors (Lipinski definition) is 3. The highest BCUT2D eigenvalue weighted by Gasteiger charge is 2.59. The predicted molar refractivity (Wildman–Crippen MR) is 119 cm³/mol. The van der Waals surface area contributed by atoms with E-state index in [0.717, 1.165) is 0 Å². The summed E-state index contributed by atoms with van der Waals surface area (Å²) in [6.07, 6.45) is -5.12. The summed E-state index contributed by atoms with van der Waals surface area (Å²) >= 11 is 0. The summed E-state index contributed by atoms with van der Waals surface area (Å²) in [7, 11) is 0. The largest absolute Gasteiger partial charge is 0.475 e. The Morgan fingerprint density at radius 2 is 2.03 bits per heavy atom. The molecule has 0 spiro atoms. The van der Waals surface area contributed by atoms with Gasteiger partial charge in [0.25, 0.3) is 0 Å². The number of aromatic nitrogens is 1. The number of aliphatic hydroxyl groups is 1. The lowest BCUT2D eigenvalue weighted by molar-refractivity contribution is -0.153. The first-order valence-corrected chi connectivity index (χ1v) is 11.1. The minimum absolute atomic E-state index is 0.00301. The van der Waals surface area contributed by atoms with Gasteiger partial charge in [0.15, 0.2) is 6.17 Å². The lowest BCUT2D eigenvalue weighted by atomic mass is 9.86. The average molecular weight is 506 g/mol. The van der Waals surface area contributed by atoms with Gasteiger partial charge < -0.3 is 20.5 Å². The number of amides is 1. The number of benzene rings is 1. The van der Waals surface area contributed by atoms with E-state index in [0.29, 0.717) is 11.1 Å². The normalized spacial score (nSPS) is 25.5. The van der Waals surface area contributed by atoms with Crippen LogP contribution in [0.1, 0.15) is 18.4 Å². The standard InChI is InChI=1S/C24H22F4N4O4/c25-19-11-30-6-4-23(19,20(34)12-33)36-18-2-1-13(7-15(18)10-29)14-3-5-31-21(8-14)32-22(35)16-9-17(16)24(26,27)28/h1-3,5,7-8,16-17,19,30,33H,4,6,9,11-12H2,(H,31,32,35)/t16?,17?,19-,23-/m1/s1. The molecule has 2 unspecified atom stereocenters. The number of pyridine rings is 1. The number of halogens is 4. The van der Waals surface area contributed by atoms with E-state index in [4.69, 9.17) is 4.74 Å². The van der Waals surface area contributed by atoms with Crippen molar-refractivity contribution in [1.29, 1.82) is 5.26 Å². The van der Waals surface area contributed by atoms with E-state index in [9.17, 15) is 37.5 Å². The van der Waals surface area contributed by atoms with Crippen molar-refractivity contribution in [3.05, 3.63) is 42.1 Å². The molecule has 1 aromatic carbocycles. The highest BCUT2D eigenvalue weighted by Crippen LogP contribution is 2.50. The Morgan fingerprint density at radius 1 is 1.28 bits per heavy atom. The van der Waals surface area contributed by atoms with Gasteiger partial charge in [-0.15, -0.1) is 0 Å². The number of anilines is 1. The maximum atomic E-state index is 14.8. The van der Waals surface area contributed by atoms with Crippen LogP contribution in [0.5, 0.6) is 5.75 Å². The van der Waals surface area contributed by atoms with Crippen molar-refractivity contribution < 1.29 is 37.0 Å². The Balaban J connectivity index is 1.55. The molecule has 3 N–H and O–H groups in total. The lowest BCUT2D eigenvalue weighted by Gasteiger charge is -2.39. The second-order valence-electron chi connectivity index (χ2n) is 8.73. The maximum absolute atomic E-state index is 14.8. The van der Waals surface area contributed by atoms with Crippen LogP contribution in [-0.2, 0) is 9.59 Å². The molecule has 1 saturated carbocycles. The first kappa shape index (κ1) is 25.5. The number of ketones is 1. The number of aliphatic hydroxyl groups excluding tert-OH is 1. The molecule has 2 heterocycles. The fourth-order valence-electron chi connectivity index (χ4n) is 4.27. The average Bonchev–Trinajstić information content (AvgIpc) is 3.67. The summed E-state index contributed by atoms with van der Waals surface area (Å²) in [5.41, 5.74) is -0.950. The van der Waals surface area contributed by atoms with Gasteiger partial charge in [-0.05, 0) is 48.4 Å². The van der Waals surface area contributed by atoms with E-state index in [1.807, 2.05) is 6.07 Å². The van der Waals surface area contributed by atoms with Crippen LogP contribution < -0.4 is 15.4 Å². The highest BCUT2D eigenvalue weighted by molar-refractivity contribution is 5.94. The quantitative estimate of drug-likeness (QED) is 0.494. The highest BCUT2D eigenvalue weighted by atomic mass is 19.4. The van der Waals surface area contributed by atoms with Crippen molar-refractivity contribution in [2.45, 2.75) is 30.8 Å². The number of nitrogens with zero attached hydrogens (tertiary/aromatic N) is 2. The van der Waals surface area contributed by atoms with Crippen LogP contribution in [0.15, 0.2) is 36.5 Å². The van der Waals surface area contributed by atoms with E-state index in [1.165, 1.54) is 24.4 Å². The summed E-state index contributed by atoms with van der Waals surface area (Å²) in [4.78, 5) is 28.5. The molecule has 8 nitrogen and oxygen atoms in total. The summed E-state index contributed by atoms with van der Waals surface area (Å²) in [6.45, 7) is -0.791. The third kappa shape index (κ3) is 5.03. The van der Waals surface area contributed by atoms with Gasteiger partial charge in [-0.3, -0.25) is 9.59 Å². The third-order valence-electron chi connectivity index (χ3n) is 6.40. The number of ether oxygens (including phenoxy) is 1. The van der Waals surface area contributed by atoms with Crippen molar-refractivity contribution in [1.82, 2.24) is 10.3 Å². The van der Waals surface area contributed by atoms with Crippen molar-refractivity contribution in [3.63, 3.8) is 0 Å². The van der Waals surface area contributed by atoms with Crippen molar-refractivity contribution in [3.8, 4) is 22.9 Å². The molecule has 0 radical (unpaired) electrons. The molecule has 2 aromatic rings. The van der Waals surface area contributed by atoms with Gasteiger partial charge in [-0.2, -0.15) is 18.4 Å². The van der Waals surface area contributed by atoms with Crippen LogP contribution in [0.3, 0.4) is 0 Å². The smallest absolute Gasteiger partial charge is 0.392 e. The number of carbonyl (C=O) groups excluding carboxylic acids is 2. The predicted octanol–water partition coefficient (Wildman–Crippen LogP) is 2.77. The zero-order valence-electron chi connectivity index (χ0n) is 18.8. The number of Topliss-reactive ketones (excluding diaryl/α,β-unsaturated/α-hetero) is 1. The number of nitriles is 1. The molecule has 4 rings (SSSR count). The second kappa shape index (κ2) is 9.83. The van der Waals surface area contributed by atoms with E-state index < -0.39 is 48.1 Å². The molecule has 2 aliphatic rings. The van der Waals surface area contributed by atoms with Gasteiger partial charge in [0.1, 0.15) is 24.2 Å². The molecular formula is C24H22F4N4O4. The lowest BCUT2D eigenvalue weighted by Crippen LogP contribution is -2.61. The molecule has 4 atom stereocenters. The van der Waals surface area contributed by atoms with Gasteiger partial charge in [-0.1, -0.05) is 6.07 Å². The molecular weight excluding hydrogens is 484 g/mol. The van der Waals surface area contributed by atoms with Crippen molar-refractivity contribution in [2.24, 2.45) is 11.8 Å². The summed E-state index contributed by atoms with van der Waals surface area (Å²) in [5, 5.41) is 24.2. The summed E-state index contributed by atoms with van der Waals surface area (Å²) in [5.74, 6) is -4.40. The Bertz CT molecular complexity index is 1220. The maximum Gasteiger partial charge on any atom is 0.392 e. The fraction of sp³-hybridized carbons (Fsp3) is 0.417. The first-order valence-electron chi connectivity index (χ1n) is 11.1. The van der Waals surface area contributed by atoms with Gasteiger partial charge in [0.2, 0.25) is 17.3 Å². The Kier molecular flexibility index (Phi) is 6.97. The van der Waals surface area contributed by atoms with Crippen LogP contribution in [-0.4, -0.2) is 59.4 Å². The molecule has 2 fully saturated rings. The molecule has 0 bridgehead atoms. The molecule has 190 valence electrons. The van der Waals surface area contributed by atoms with Gasteiger partial charge in [-0.25, -0.2) is 9.37 Å². The molecule has 36 heavy (non-hydrogen) atoms. The van der Waals surface area contributed by atoms with Gasteiger partial charge in [0.05, 0.1) is 17.4 Å². The van der Waals surface area contributed by atoms with E-state index in [2.05, 4.69) is 15.6 Å². The molecule has 1 aromatic heterocycles. The minimum atomic E-state index is -4.43. The summed E-state index contributed by atoms with van der Waals surface area (Å²) < 4.78 is 58.8. The van der Waals surface area contributed by atoms with Gasteiger partial charge >= 0.3 is 6.18 Å². The second-order valence-corrected chi connectivity index (χ2v) is 8.73. The van der Waals surface area contributed by atoms with Crippen LogP contribution in [0.2, 0.25) is 0 Å². The fourth-order valence-corrected chi connectivity index (χ4v) is 4.27. The molecule has 1 saturated heterocycles. The zero-order chi connectivity index (χ0) is 26.1. The van der Waals surface area contributed by atoms with E-state index in [1.54, 1.807) is 12.1 Å². The Hall–Kier alpha value is -3.56. The number of nitrogens with one attached hydrogen (secondary N) is 2. The van der Waals surface area contributed by atoms with Crippen LogP contribution in [0, 0.1) is 23.2 Å². The number of hydrogen-bond acceptors (Lipinski definition) is 7. The number of rotatable bonds is 7.